The molecular weight excluding hydrogens is 290 g/mol. The molecule has 0 saturated heterocycles. The van der Waals surface area contributed by atoms with Gasteiger partial charge in [0.2, 0.25) is 5.91 Å². The summed E-state index contributed by atoms with van der Waals surface area (Å²) in [6.07, 6.45) is 2.07. The van der Waals surface area contributed by atoms with E-state index in [0.29, 0.717) is 18.0 Å². The molecule has 0 spiro atoms. The van der Waals surface area contributed by atoms with Crippen LogP contribution in [0.2, 0.25) is 0 Å². The van der Waals surface area contributed by atoms with Crippen molar-refractivity contribution in [1.29, 1.82) is 0 Å². The van der Waals surface area contributed by atoms with Crippen LogP contribution in [0.3, 0.4) is 0 Å². The Labute approximate surface area is 128 Å². The van der Waals surface area contributed by atoms with Gasteiger partial charge in [-0.3, -0.25) is 4.79 Å². The molecular formula is C14H23N3O3S. The number of carbonyl (C=O) groups is 2. The standard InChI is InChI=1S/C14H23N3O3S/c1-9(12-17-10(8-21-12)13(19)20)16-11(18)4-5-14(2,3)6-7-15/h8-9H,4-7,15H2,1-3H3,(H,16,18)(H,19,20). The maximum Gasteiger partial charge on any atom is 0.355 e. The number of carboxylic acids is 1. The van der Waals surface area contributed by atoms with Crippen molar-refractivity contribution in [2.45, 2.75) is 46.1 Å². The van der Waals surface area contributed by atoms with Crippen molar-refractivity contribution in [2.75, 3.05) is 6.54 Å². The van der Waals surface area contributed by atoms with E-state index >= 15 is 0 Å². The zero-order valence-corrected chi connectivity index (χ0v) is 13.5. The predicted octanol–water partition coefficient (Wildman–Crippen LogP) is 2.17. The third-order valence-corrected chi connectivity index (χ3v) is 4.37. The van der Waals surface area contributed by atoms with Crippen LogP contribution in [-0.4, -0.2) is 28.5 Å². The highest BCUT2D eigenvalue weighted by molar-refractivity contribution is 7.09. The van der Waals surface area contributed by atoms with E-state index in [0.717, 1.165) is 12.8 Å². The van der Waals surface area contributed by atoms with E-state index in [1.54, 1.807) is 6.92 Å². The number of aromatic carboxylic acids is 1. The van der Waals surface area contributed by atoms with Gasteiger partial charge in [0, 0.05) is 11.8 Å². The maximum atomic E-state index is 11.9. The van der Waals surface area contributed by atoms with E-state index in [1.807, 2.05) is 0 Å². The molecule has 1 aromatic heterocycles. The SMILES string of the molecule is CC(NC(=O)CCC(C)(C)CCN)c1nc(C(=O)O)cs1. The van der Waals surface area contributed by atoms with Crippen LogP contribution >= 0.6 is 11.3 Å². The number of hydrogen-bond donors (Lipinski definition) is 3. The maximum absolute atomic E-state index is 11.9. The molecule has 1 rings (SSSR count). The van der Waals surface area contributed by atoms with Gasteiger partial charge in [-0.05, 0) is 31.7 Å². The first kappa shape index (κ1) is 17.6. The summed E-state index contributed by atoms with van der Waals surface area (Å²) in [6.45, 7) is 6.60. The number of hydrogen-bond acceptors (Lipinski definition) is 5. The Balaban J connectivity index is 2.48. The summed E-state index contributed by atoms with van der Waals surface area (Å²) in [4.78, 5) is 26.7. The van der Waals surface area contributed by atoms with Gasteiger partial charge in [-0.1, -0.05) is 13.8 Å². The minimum absolute atomic E-state index is 0.0141. The van der Waals surface area contributed by atoms with Crippen molar-refractivity contribution in [2.24, 2.45) is 11.1 Å². The largest absolute Gasteiger partial charge is 0.476 e. The second kappa shape index (κ2) is 7.51. The number of nitrogens with two attached hydrogens (primary N) is 1. The van der Waals surface area contributed by atoms with E-state index in [2.05, 4.69) is 24.1 Å². The Morgan fingerprint density at radius 2 is 2.14 bits per heavy atom. The van der Waals surface area contributed by atoms with E-state index in [4.69, 9.17) is 10.8 Å². The van der Waals surface area contributed by atoms with E-state index in [1.165, 1.54) is 16.7 Å². The van der Waals surface area contributed by atoms with Gasteiger partial charge in [0.1, 0.15) is 5.01 Å². The minimum Gasteiger partial charge on any atom is -0.476 e. The number of rotatable bonds is 8. The Kier molecular flexibility index (Phi) is 6.29. The second-order valence-electron chi connectivity index (χ2n) is 5.87. The van der Waals surface area contributed by atoms with Gasteiger partial charge >= 0.3 is 5.97 Å². The molecule has 1 atom stereocenters. The van der Waals surface area contributed by atoms with Gasteiger partial charge in [0.05, 0.1) is 6.04 Å². The molecule has 1 aromatic rings. The summed E-state index contributed by atoms with van der Waals surface area (Å²) >= 11 is 1.24. The normalized spacial score (nSPS) is 13.0. The van der Waals surface area contributed by atoms with Crippen molar-refractivity contribution in [3.8, 4) is 0 Å². The Morgan fingerprint density at radius 1 is 1.48 bits per heavy atom. The van der Waals surface area contributed by atoms with Crippen LogP contribution in [0.1, 0.15) is 61.6 Å². The molecule has 7 heteroatoms. The van der Waals surface area contributed by atoms with E-state index in [9.17, 15) is 9.59 Å². The van der Waals surface area contributed by atoms with Crippen LogP contribution in [0.15, 0.2) is 5.38 Å². The number of nitrogens with zero attached hydrogens (tertiary/aromatic N) is 1. The second-order valence-corrected chi connectivity index (χ2v) is 6.76. The lowest BCUT2D eigenvalue weighted by atomic mass is 9.84. The fraction of sp³-hybridized carbons (Fsp3) is 0.643. The molecule has 0 aliphatic heterocycles. The van der Waals surface area contributed by atoms with Crippen LogP contribution < -0.4 is 11.1 Å². The topological polar surface area (TPSA) is 105 Å². The van der Waals surface area contributed by atoms with Gasteiger partial charge in [-0.25, -0.2) is 9.78 Å². The van der Waals surface area contributed by atoms with Crippen LogP contribution in [0, 0.1) is 5.41 Å². The van der Waals surface area contributed by atoms with Crippen LogP contribution in [0.4, 0.5) is 0 Å². The molecule has 0 radical (unpaired) electrons. The third-order valence-electron chi connectivity index (χ3n) is 3.34. The number of aromatic nitrogens is 1. The lowest BCUT2D eigenvalue weighted by Crippen LogP contribution is -2.28. The van der Waals surface area contributed by atoms with Gasteiger partial charge in [-0.2, -0.15) is 0 Å². The molecule has 1 heterocycles. The molecule has 0 aromatic carbocycles. The number of nitrogens with one attached hydrogen (secondary N) is 1. The first-order valence-corrected chi connectivity index (χ1v) is 7.81. The van der Waals surface area contributed by atoms with Gasteiger partial charge < -0.3 is 16.2 Å². The average molecular weight is 313 g/mol. The number of carboxylic acid groups (broad SMARTS) is 1. The molecule has 4 N–H and O–H groups in total. The smallest absolute Gasteiger partial charge is 0.355 e. The fourth-order valence-corrected chi connectivity index (χ4v) is 2.73. The molecule has 0 bridgehead atoms. The molecule has 1 amide bonds. The zero-order valence-electron chi connectivity index (χ0n) is 12.7. The summed E-state index contributed by atoms with van der Waals surface area (Å²) in [5.41, 5.74) is 5.61. The molecule has 0 aliphatic carbocycles. The summed E-state index contributed by atoms with van der Waals surface area (Å²) in [7, 11) is 0. The first-order chi connectivity index (χ1) is 9.75. The lowest BCUT2D eigenvalue weighted by molar-refractivity contribution is -0.122. The summed E-state index contributed by atoms with van der Waals surface area (Å²) < 4.78 is 0. The highest BCUT2D eigenvalue weighted by Crippen LogP contribution is 2.26. The van der Waals surface area contributed by atoms with Crippen molar-refractivity contribution in [1.82, 2.24) is 10.3 Å². The molecule has 6 nitrogen and oxygen atoms in total. The Bertz CT molecular complexity index is 499. The fourth-order valence-electron chi connectivity index (χ4n) is 1.93. The van der Waals surface area contributed by atoms with Crippen molar-refractivity contribution in [3.63, 3.8) is 0 Å². The van der Waals surface area contributed by atoms with Crippen molar-refractivity contribution < 1.29 is 14.7 Å². The van der Waals surface area contributed by atoms with Crippen molar-refractivity contribution in [3.05, 3.63) is 16.1 Å². The number of thiazole rings is 1. The van der Waals surface area contributed by atoms with Crippen LogP contribution in [-0.2, 0) is 4.79 Å². The average Bonchev–Trinajstić information content (AvgIpc) is 2.86. The molecule has 21 heavy (non-hydrogen) atoms. The van der Waals surface area contributed by atoms with Crippen molar-refractivity contribution >= 4 is 23.2 Å². The quantitative estimate of drug-likeness (QED) is 0.682. The highest BCUT2D eigenvalue weighted by Gasteiger charge is 2.20. The van der Waals surface area contributed by atoms with Gasteiger partial charge in [0.15, 0.2) is 5.69 Å². The zero-order chi connectivity index (χ0) is 16.0. The monoisotopic (exact) mass is 313 g/mol. The summed E-state index contributed by atoms with van der Waals surface area (Å²) in [5, 5.41) is 13.8. The Hall–Kier alpha value is -1.47. The predicted molar refractivity (Wildman–Crippen MR) is 82.3 cm³/mol. The van der Waals surface area contributed by atoms with Gasteiger partial charge in [-0.15, -0.1) is 11.3 Å². The summed E-state index contributed by atoms with van der Waals surface area (Å²) in [6, 6.07) is -0.284. The molecule has 118 valence electrons. The number of carbonyl (C=O) groups excluding carboxylic acids is 1. The van der Waals surface area contributed by atoms with Crippen LogP contribution in [0.5, 0.6) is 0 Å². The van der Waals surface area contributed by atoms with Crippen LogP contribution in [0.25, 0.3) is 0 Å². The third kappa shape index (κ3) is 5.81. The molecule has 0 saturated carbocycles. The summed E-state index contributed by atoms with van der Waals surface area (Å²) in [5.74, 6) is -1.11. The molecule has 1 unspecified atom stereocenters. The Morgan fingerprint density at radius 3 is 2.67 bits per heavy atom. The van der Waals surface area contributed by atoms with Gasteiger partial charge in [0.25, 0.3) is 0 Å². The van der Waals surface area contributed by atoms with E-state index < -0.39 is 5.97 Å². The highest BCUT2D eigenvalue weighted by atomic mass is 32.1. The van der Waals surface area contributed by atoms with E-state index in [-0.39, 0.29) is 23.1 Å². The number of amides is 1. The first-order valence-electron chi connectivity index (χ1n) is 6.93. The molecule has 0 aliphatic rings. The lowest BCUT2D eigenvalue weighted by Gasteiger charge is -2.23. The molecule has 0 fully saturated rings. The minimum atomic E-state index is -1.06.